The van der Waals surface area contributed by atoms with Crippen molar-refractivity contribution in [2.45, 2.75) is 7.43 Å². The van der Waals surface area contributed by atoms with Crippen LogP contribution >= 0.6 is 0 Å². The fourth-order valence-corrected chi connectivity index (χ4v) is 0.631. The van der Waals surface area contributed by atoms with Gasteiger partial charge in [0.2, 0.25) is 10.0 Å². The Labute approximate surface area is 56.8 Å². The van der Waals surface area contributed by atoms with E-state index in [1.165, 1.54) is 6.08 Å². The second-order valence-corrected chi connectivity index (χ2v) is 3.24. The zero-order chi connectivity index (χ0) is 6.62. The Balaban J connectivity index is 0. The highest BCUT2D eigenvalue weighted by Gasteiger charge is 1.93. The summed E-state index contributed by atoms with van der Waals surface area (Å²) in [6.45, 7) is 3.64. The number of hydrogen-bond acceptors (Lipinski definition) is 2. The second kappa shape index (κ2) is 4.52. The minimum atomic E-state index is -3.01. The molecule has 56 valence electrons. The maximum absolute atomic E-state index is 10.2. The number of nitrogens with one attached hydrogen (secondary N) is 1. The van der Waals surface area contributed by atoms with E-state index in [0.717, 1.165) is 6.26 Å². The summed E-state index contributed by atoms with van der Waals surface area (Å²) >= 11 is 0. The van der Waals surface area contributed by atoms with Crippen LogP contribution in [0.15, 0.2) is 12.7 Å². The van der Waals surface area contributed by atoms with Crippen molar-refractivity contribution in [3.05, 3.63) is 12.7 Å². The average molecular weight is 151 g/mol. The Bertz CT molecular complexity index is 160. The first-order valence-electron chi connectivity index (χ1n) is 2.12. The molecule has 0 saturated carbocycles. The molecule has 0 spiro atoms. The van der Waals surface area contributed by atoms with E-state index in [1.807, 2.05) is 0 Å². The van der Waals surface area contributed by atoms with E-state index in [1.54, 1.807) is 0 Å². The number of hydrogen-bond donors (Lipinski definition) is 1. The van der Waals surface area contributed by atoms with Crippen molar-refractivity contribution in [2.24, 2.45) is 0 Å². The number of sulfonamides is 1. The molecule has 0 aromatic rings. The topological polar surface area (TPSA) is 46.2 Å². The lowest BCUT2D eigenvalue weighted by Gasteiger charge is -1.92. The highest BCUT2D eigenvalue weighted by Crippen LogP contribution is 1.70. The third kappa shape index (κ3) is 11.3. The highest BCUT2D eigenvalue weighted by atomic mass is 32.2. The van der Waals surface area contributed by atoms with Crippen molar-refractivity contribution in [3.63, 3.8) is 0 Å². The zero-order valence-corrected chi connectivity index (χ0v) is 5.53. The first kappa shape index (κ1) is 11.4. The van der Waals surface area contributed by atoms with Crippen molar-refractivity contribution in [3.8, 4) is 0 Å². The lowest BCUT2D eigenvalue weighted by molar-refractivity contribution is 0.592. The molecule has 0 bridgehead atoms. The van der Waals surface area contributed by atoms with Gasteiger partial charge in [-0.15, -0.1) is 6.58 Å². The van der Waals surface area contributed by atoms with Crippen LogP contribution in [0, 0.1) is 0 Å². The van der Waals surface area contributed by atoms with Crippen LogP contribution in [-0.4, -0.2) is 21.2 Å². The molecule has 0 aromatic carbocycles. The van der Waals surface area contributed by atoms with Gasteiger partial charge in [-0.2, -0.15) is 0 Å². The average Bonchev–Trinajstić information content (AvgIpc) is 1.59. The molecule has 0 rings (SSSR count). The Morgan fingerprint density at radius 1 is 1.67 bits per heavy atom. The van der Waals surface area contributed by atoms with E-state index in [2.05, 4.69) is 11.3 Å². The monoisotopic (exact) mass is 151 g/mol. The van der Waals surface area contributed by atoms with E-state index in [4.69, 9.17) is 0 Å². The smallest absolute Gasteiger partial charge is 0.208 e. The summed E-state index contributed by atoms with van der Waals surface area (Å²) in [4.78, 5) is 0. The molecule has 0 aromatic heterocycles. The Morgan fingerprint density at radius 3 is 2.22 bits per heavy atom. The molecule has 0 fully saturated rings. The lowest BCUT2D eigenvalue weighted by atomic mass is 10.7. The Morgan fingerprint density at radius 2 is 2.11 bits per heavy atom. The predicted molar refractivity (Wildman–Crippen MR) is 39.8 cm³/mol. The third-order valence-electron chi connectivity index (χ3n) is 0.490. The van der Waals surface area contributed by atoms with Gasteiger partial charge in [0, 0.05) is 6.54 Å². The van der Waals surface area contributed by atoms with Gasteiger partial charge in [-0.3, -0.25) is 0 Å². The van der Waals surface area contributed by atoms with Gasteiger partial charge in [-0.05, 0) is 0 Å². The molecule has 3 nitrogen and oxygen atoms in total. The molecule has 1 N–H and O–H groups in total. The maximum atomic E-state index is 10.2. The van der Waals surface area contributed by atoms with E-state index in [9.17, 15) is 8.42 Å². The molecule has 9 heavy (non-hydrogen) atoms. The molecule has 0 atom stereocenters. The molecule has 0 saturated heterocycles. The van der Waals surface area contributed by atoms with Crippen molar-refractivity contribution in [1.82, 2.24) is 4.72 Å². The summed E-state index contributed by atoms with van der Waals surface area (Å²) < 4.78 is 22.7. The summed E-state index contributed by atoms with van der Waals surface area (Å²) in [5, 5.41) is 0. The summed E-state index contributed by atoms with van der Waals surface area (Å²) in [5.41, 5.74) is 0. The van der Waals surface area contributed by atoms with Gasteiger partial charge in [0.15, 0.2) is 0 Å². The summed E-state index contributed by atoms with van der Waals surface area (Å²) in [6.07, 6.45) is 2.59. The summed E-state index contributed by atoms with van der Waals surface area (Å²) in [5.74, 6) is 0. The van der Waals surface area contributed by atoms with Crippen LogP contribution in [0.25, 0.3) is 0 Å². The van der Waals surface area contributed by atoms with Gasteiger partial charge in [-0.1, -0.05) is 13.5 Å². The zero-order valence-electron chi connectivity index (χ0n) is 4.72. The molecule has 0 radical (unpaired) electrons. The predicted octanol–water partition coefficient (Wildman–Crippen LogP) is 0.358. The molecule has 0 aliphatic carbocycles. The molecule has 0 aliphatic heterocycles. The van der Waals surface area contributed by atoms with Crippen LogP contribution in [0.1, 0.15) is 7.43 Å². The first-order valence-corrected chi connectivity index (χ1v) is 4.01. The summed E-state index contributed by atoms with van der Waals surface area (Å²) in [6, 6.07) is 0. The van der Waals surface area contributed by atoms with Crippen LogP contribution in [-0.2, 0) is 10.0 Å². The standard InChI is InChI=1S/C4H9NO2S.CH4/c1-3-4-5-8(2,6)7;/h3,5H,1,4H2,2H3;1H4. The van der Waals surface area contributed by atoms with Crippen molar-refractivity contribution in [1.29, 1.82) is 0 Å². The first-order chi connectivity index (χ1) is 3.56. The molecular weight excluding hydrogens is 138 g/mol. The van der Waals surface area contributed by atoms with Crippen molar-refractivity contribution in [2.75, 3.05) is 12.8 Å². The van der Waals surface area contributed by atoms with Gasteiger partial charge >= 0.3 is 0 Å². The van der Waals surface area contributed by atoms with Crippen LogP contribution in [0.5, 0.6) is 0 Å². The maximum Gasteiger partial charge on any atom is 0.208 e. The normalized spacial score (nSPS) is 9.89. The fourth-order valence-electron chi connectivity index (χ4n) is 0.210. The van der Waals surface area contributed by atoms with Gasteiger partial charge in [-0.25, -0.2) is 13.1 Å². The quantitative estimate of drug-likeness (QED) is 0.592. The van der Waals surface area contributed by atoms with E-state index in [0.29, 0.717) is 6.54 Å². The Hall–Kier alpha value is -0.350. The number of rotatable bonds is 3. The van der Waals surface area contributed by atoms with Gasteiger partial charge in [0.1, 0.15) is 0 Å². The largest absolute Gasteiger partial charge is 0.213 e. The van der Waals surface area contributed by atoms with Crippen LogP contribution in [0.2, 0.25) is 0 Å². The van der Waals surface area contributed by atoms with Crippen LogP contribution in [0.4, 0.5) is 0 Å². The lowest BCUT2D eigenvalue weighted by Crippen LogP contribution is -2.21. The molecule has 0 heterocycles. The molecule has 0 aliphatic rings. The molecule has 0 amide bonds. The third-order valence-corrected chi connectivity index (χ3v) is 1.18. The van der Waals surface area contributed by atoms with Crippen LogP contribution in [0.3, 0.4) is 0 Å². The van der Waals surface area contributed by atoms with Gasteiger partial charge < -0.3 is 0 Å². The van der Waals surface area contributed by atoms with Crippen LogP contribution < -0.4 is 4.72 Å². The fraction of sp³-hybridized carbons (Fsp3) is 0.600. The van der Waals surface area contributed by atoms with E-state index in [-0.39, 0.29) is 7.43 Å². The van der Waals surface area contributed by atoms with Gasteiger partial charge in [0.25, 0.3) is 0 Å². The SMILES string of the molecule is C.C=CCNS(C)(=O)=O. The second-order valence-electron chi connectivity index (χ2n) is 1.41. The van der Waals surface area contributed by atoms with E-state index < -0.39 is 10.0 Å². The molecule has 4 heteroatoms. The molecule has 0 unspecified atom stereocenters. The van der Waals surface area contributed by atoms with E-state index >= 15 is 0 Å². The Kier molecular flexibility index (Phi) is 5.75. The summed E-state index contributed by atoms with van der Waals surface area (Å²) in [7, 11) is -3.01. The molecular formula is C5H13NO2S. The van der Waals surface area contributed by atoms with Gasteiger partial charge in [0.05, 0.1) is 6.26 Å². The highest BCUT2D eigenvalue weighted by molar-refractivity contribution is 7.88. The minimum absolute atomic E-state index is 0. The van der Waals surface area contributed by atoms with Crippen molar-refractivity contribution < 1.29 is 8.42 Å². The van der Waals surface area contributed by atoms with Crippen molar-refractivity contribution >= 4 is 10.0 Å². The minimum Gasteiger partial charge on any atom is -0.213 e.